The average molecular weight is 284 g/mol. The Morgan fingerprint density at radius 3 is 2.50 bits per heavy atom. The highest BCUT2D eigenvalue weighted by Gasteiger charge is 2.21. The van der Waals surface area contributed by atoms with Crippen LogP contribution in [0.2, 0.25) is 0 Å². The fraction of sp³-hybridized carbons (Fsp3) is 0.857. The molecule has 1 fully saturated rings. The van der Waals surface area contributed by atoms with Crippen molar-refractivity contribution >= 4 is 11.8 Å². The molecule has 0 saturated carbocycles. The van der Waals surface area contributed by atoms with Crippen LogP contribution >= 0.6 is 0 Å². The highest BCUT2D eigenvalue weighted by molar-refractivity contribution is 5.85. The first-order valence-electron chi connectivity index (χ1n) is 7.47. The number of piperidine rings is 1. The molecule has 116 valence electrons. The molecule has 1 saturated heterocycles. The zero-order chi connectivity index (χ0) is 15.0. The van der Waals surface area contributed by atoms with Crippen molar-refractivity contribution in [3.05, 3.63) is 0 Å². The molecule has 20 heavy (non-hydrogen) atoms. The highest BCUT2D eigenvalue weighted by Crippen LogP contribution is 2.09. The van der Waals surface area contributed by atoms with Gasteiger partial charge in [0.05, 0.1) is 13.1 Å². The second-order valence-corrected chi connectivity index (χ2v) is 5.44. The summed E-state index contributed by atoms with van der Waals surface area (Å²) in [5.74, 6) is -0.0730. The van der Waals surface area contributed by atoms with E-state index in [1.807, 2.05) is 14.0 Å². The molecule has 0 unspecified atom stereocenters. The van der Waals surface area contributed by atoms with Gasteiger partial charge < -0.3 is 15.5 Å². The molecule has 2 amide bonds. The van der Waals surface area contributed by atoms with Crippen LogP contribution in [0.4, 0.5) is 0 Å². The van der Waals surface area contributed by atoms with Crippen molar-refractivity contribution in [2.75, 3.05) is 46.8 Å². The normalized spacial score (nSPS) is 16.9. The van der Waals surface area contributed by atoms with Gasteiger partial charge in [-0.25, -0.2) is 0 Å². The van der Waals surface area contributed by atoms with Crippen LogP contribution in [0.1, 0.15) is 26.2 Å². The third-order valence-corrected chi connectivity index (χ3v) is 3.73. The number of likely N-dealkylation sites (tertiary alicyclic amines) is 1. The number of likely N-dealkylation sites (N-methyl/N-ethyl adjacent to an activating group) is 1. The van der Waals surface area contributed by atoms with Crippen LogP contribution in [0, 0.1) is 0 Å². The Kier molecular flexibility index (Phi) is 7.54. The Morgan fingerprint density at radius 1 is 1.30 bits per heavy atom. The number of amides is 2. The van der Waals surface area contributed by atoms with Crippen LogP contribution in [-0.2, 0) is 9.59 Å². The van der Waals surface area contributed by atoms with Crippen LogP contribution in [0.5, 0.6) is 0 Å². The second kappa shape index (κ2) is 8.92. The summed E-state index contributed by atoms with van der Waals surface area (Å²) in [6, 6.07) is 0.568. The van der Waals surface area contributed by atoms with E-state index in [0.717, 1.165) is 32.4 Å². The van der Waals surface area contributed by atoms with E-state index in [0.29, 0.717) is 19.1 Å². The first kappa shape index (κ1) is 16.9. The molecule has 6 heteroatoms. The lowest BCUT2D eigenvalue weighted by Crippen LogP contribution is -2.47. The lowest BCUT2D eigenvalue weighted by atomic mass is 10.1. The molecule has 1 aliphatic heterocycles. The van der Waals surface area contributed by atoms with Crippen LogP contribution in [0.25, 0.3) is 0 Å². The number of nitrogens with zero attached hydrogens (tertiary/aromatic N) is 2. The summed E-state index contributed by atoms with van der Waals surface area (Å²) in [5.41, 5.74) is 0. The molecular weight excluding hydrogens is 256 g/mol. The van der Waals surface area contributed by atoms with Crippen molar-refractivity contribution in [2.45, 2.75) is 32.2 Å². The minimum atomic E-state index is -0.0865. The molecule has 1 aliphatic rings. The van der Waals surface area contributed by atoms with E-state index in [1.54, 1.807) is 7.05 Å². The molecule has 0 radical (unpaired) electrons. The van der Waals surface area contributed by atoms with E-state index in [4.69, 9.17) is 0 Å². The van der Waals surface area contributed by atoms with Gasteiger partial charge in [0.25, 0.3) is 0 Å². The Bertz CT molecular complexity index is 314. The molecule has 0 aliphatic carbocycles. The number of nitrogens with one attached hydrogen (secondary N) is 2. The average Bonchev–Trinajstić information content (AvgIpc) is 2.45. The van der Waals surface area contributed by atoms with E-state index in [2.05, 4.69) is 15.5 Å². The van der Waals surface area contributed by atoms with Gasteiger partial charge in [-0.05, 0) is 26.3 Å². The number of hydrogen-bond acceptors (Lipinski definition) is 4. The Morgan fingerprint density at radius 2 is 1.95 bits per heavy atom. The SMILES string of the molecule is CCCNC(=O)CN(C)C(=O)CN1CCC(NC)CC1. The van der Waals surface area contributed by atoms with Gasteiger partial charge in [0.15, 0.2) is 0 Å². The topological polar surface area (TPSA) is 64.7 Å². The van der Waals surface area contributed by atoms with Gasteiger partial charge in [0.1, 0.15) is 0 Å². The predicted molar refractivity (Wildman–Crippen MR) is 79.5 cm³/mol. The molecule has 1 rings (SSSR count). The molecule has 0 aromatic rings. The van der Waals surface area contributed by atoms with Crippen LogP contribution < -0.4 is 10.6 Å². The van der Waals surface area contributed by atoms with Crippen LogP contribution in [-0.4, -0.2) is 74.5 Å². The summed E-state index contributed by atoms with van der Waals surface area (Å²) >= 11 is 0. The van der Waals surface area contributed by atoms with E-state index >= 15 is 0 Å². The number of carbonyl (C=O) groups excluding carboxylic acids is 2. The molecular formula is C14H28N4O2. The number of carbonyl (C=O) groups is 2. The molecule has 0 aromatic heterocycles. The molecule has 6 nitrogen and oxygen atoms in total. The van der Waals surface area contributed by atoms with Gasteiger partial charge >= 0.3 is 0 Å². The highest BCUT2D eigenvalue weighted by atomic mass is 16.2. The van der Waals surface area contributed by atoms with Gasteiger partial charge in [-0.3, -0.25) is 14.5 Å². The lowest BCUT2D eigenvalue weighted by Gasteiger charge is -2.32. The zero-order valence-corrected chi connectivity index (χ0v) is 12.9. The second-order valence-electron chi connectivity index (χ2n) is 5.44. The molecule has 2 N–H and O–H groups in total. The van der Waals surface area contributed by atoms with Gasteiger partial charge in [-0.1, -0.05) is 6.92 Å². The van der Waals surface area contributed by atoms with E-state index in [-0.39, 0.29) is 18.4 Å². The largest absolute Gasteiger partial charge is 0.355 e. The Balaban J connectivity index is 2.26. The third kappa shape index (κ3) is 5.88. The van der Waals surface area contributed by atoms with Gasteiger partial charge in [0.2, 0.25) is 11.8 Å². The number of hydrogen-bond donors (Lipinski definition) is 2. The van der Waals surface area contributed by atoms with E-state index in [9.17, 15) is 9.59 Å². The van der Waals surface area contributed by atoms with Crippen LogP contribution in [0.3, 0.4) is 0 Å². The maximum atomic E-state index is 12.1. The van der Waals surface area contributed by atoms with Crippen molar-refractivity contribution in [1.29, 1.82) is 0 Å². The Hall–Kier alpha value is -1.14. The predicted octanol–water partition coefficient (Wildman–Crippen LogP) is -0.345. The summed E-state index contributed by atoms with van der Waals surface area (Å²) in [6.45, 7) is 5.10. The molecule has 0 aromatic carbocycles. The molecule has 0 spiro atoms. The van der Waals surface area contributed by atoms with E-state index < -0.39 is 0 Å². The standard InChI is InChI=1S/C14H28N4O2/c1-4-7-16-13(19)10-17(3)14(20)11-18-8-5-12(15-2)6-9-18/h12,15H,4-11H2,1-3H3,(H,16,19). The first-order chi connectivity index (χ1) is 9.56. The monoisotopic (exact) mass is 284 g/mol. The summed E-state index contributed by atoms with van der Waals surface area (Å²) in [4.78, 5) is 27.3. The van der Waals surface area contributed by atoms with E-state index in [1.165, 1.54) is 4.90 Å². The van der Waals surface area contributed by atoms with Crippen molar-refractivity contribution in [2.24, 2.45) is 0 Å². The first-order valence-corrected chi connectivity index (χ1v) is 7.47. The van der Waals surface area contributed by atoms with Crippen molar-refractivity contribution in [3.63, 3.8) is 0 Å². The summed E-state index contributed by atoms with van der Waals surface area (Å²) in [7, 11) is 3.67. The smallest absolute Gasteiger partial charge is 0.239 e. The molecule has 1 heterocycles. The quantitative estimate of drug-likeness (QED) is 0.671. The molecule has 0 atom stereocenters. The van der Waals surface area contributed by atoms with Crippen molar-refractivity contribution in [1.82, 2.24) is 20.4 Å². The van der Waals surface area contributed by atoms with Gasteiger partial charge in [-0.2, -0.15) is 0 Å². The third-order valence-electron chi connectivity index (χ3n) is 3.73. The number of rotatable bonds is 7. The summed E-state index contributed by atoms with van der Waals surface area (Å²) in [6.07, 6.45) is 3.05. The fourth-order valence-electron chi connectivity index (χ4n) is 2.32. The lowest BCUT2D eigenvalue weighted by molar-refractivity contribution is -0.135. The maximum Gasteiger partial charge on any atom is 0.239 e. The summed E-state index contributed by atoms with van der Waals surface area (Å²) < 4.78 is 0. The van der Waals surface area contributed by atoms with Crippen molar-refractivity contribution in [3.8, 4) is 0 Å². The molecule has 0 bridgehead atoms. The van der Waals surface area contributed by atoms with Crippen LogP contribution in [0.15, 0.2) is 0 Å². The van der Waals surface area contributed by atoms with Gasteiger partial charge in [0, 0.05) is 32.7 Å². The summed E-state index contributed by atoms with van der Waals surface area (Å²) in [5, 5.41) is 6.05. The van der Waals surface area contributed by atoms with Gasteiger partial charge in [-0.15, -0.1) is 0 Å². The minimum Gasteiger partial charge on any atom is -0.355 e. The minimum absolute atomic E-state index is 0.0135. The maximum absolute atomic E-state index is 12.1. The Labute approximate surface area is 121 Å². The van der Waals surface area contributed by atoms with Crippen molar-refractivity contribution < 1.29 is 9.59 Å². The zero-order valence-electron chi connectivity index (χ0n) is 12.9. The fourth-order valence-corrected chi connectivity index (χ4v) is 2.32.